The van der Waals surface area contributed by atoms with Crippen LogP contribution < -0.4 is 5.69 Å². The first-order chi connectivity index (χ1) is 8.65. The molecule has 1 N–H and O–H groups in total. The van der Waals surface area contributed by atoms with E-state index in [-0.39, 0.29) is 5.69 Å². The highest BCUT2D eigenvalue weighted by molar-refractivity contribution is 6.30. The average Bonchev–Trinajstić information content (AvgIpc) is 2.70. The monoisotopic (exact) mass is 260 g/mol. The van der Waals surface area contributed by atoms with Crippen molar-refractivity contribution in [3.05, 3.63) is 51.5 Å². The standard InChI is InChI=1S/C12H9ClN4O/c1-7-5-10-15-16-12(18)17(10)11(14-7)8-3-2-4-9(13)6-8/h2-6H,1H3,(H,16,18). The van der Waals surface area contributed by atoms with Gasteiger partial charge in [0, 0.05) is 22.3 Å². The third-order valence-electron chi connectivity index (χ3n) is 2.61. The molecular weight excluding hydrogens is 252 g/mol. The summed E-state index contributed by atoms with van der Waals surface area (Å²) in [5, 5.41) is 6.95. The fourth-order valence-electron chi connectivity index (χ4n) is 1.87. The van der Waals surface area contributed by atoms with E-state index in [1.54, 1.807) is 18.2 Å². The third-order valence-corrected chi connectivity index (χ3v) is 2.85. The summed E-state index contributed by atoms with van der Waals surface area (Å²) in [5.41, 5.74) is 1.80. The molecule has 0 saturated carbocycles. The summed E-state index contributed by atoms with van der Waals surface area (Å²) < 4.78 is 1.43. The second kappa shape index (κ2) is 3.96. The van der Waals surface area contributed by atoms with E-state index in [1.165, 1.54) is 4.40 Å². The van der Waals surface area contributed by atoms with Crippen molar-refractivity contribution in [2.75, 3.05) is 0 Å². The Morgan fingerprint density at radius 3 is 2.94 bits per heavy atom. The molecule has 0 aliphatic carbocycles. The van der Waals surface area contributed by atoms with E-state index in [0.717, 1.165) is 11.3 Å². The molecule has 3 aromatic rings. The second-order valence-corrected chi connectivity index (χ2v) is 4.39. The molecule has 0 fully saturated rings. The van der Waals surface area contributed by atoms with Crippen LogP contribution in [-0.2, 0) is 0 Å². The van der Waals surface area contributed by atoms with Gasteiger partial charge in [0.15, 0.2) is 5.65 Å². The van der Waals surface area contributed by atoms with Crippen molar-refractivity contribution in [1.82, 2.24) is 19.6 Å². The molecule has 0 atom stereocenters. The van der Waals surface area contributed by atoms with Crippen LogP contribution in [0.3, 0.4) is 0 Å². The summed E-state index contributed by atoms with van der Waals surface area (Å²) in [6, 6.07) is 8.95. The van der Waals surface area contributed by atoms with Gasteiger partial charge >= 0.3 is 5.69 Å². The number of rotatable bonds is 1. The van der Waals surface area contributed by atoms with Crippen LogP contribution in [0.25, 0.3) is 17.0 Å². The lowest BCUT2D eigenvalue weighted by molar-refractivity contribution is 0.994. The molecule has 0 radical (unpaired) electrons. The van der Waals surface area contributed by atoms with Crippen LogP contribution in [0.1, 0.15) is 5.69 Å². The number of H-pyrrole nitrogens is 1. The Labute approximate surface area is 107 Å². The van der Waals surface area contributed by atoms with Crippen molar-refractivity contribution >= 4 is 17.2 Å². The molecular formula is C12H9ClN4O. The Kier molecular flexibility index (Phi) is 2.41. The van der Waals surface area contributed by atoms with E-state index < -0.39 is 0 Å². The van der Waals surface area contributed by atoms with E-state index in [4.69, 9.17) is 11.6 Å². The average molecular weight is 261 g/mol. The maximum atomic E-state index is 11.7. The summed E-state index contributed by atoms with van der Waals surface area (Å²) in [6.45, 7) is 1.85. The Morgan fingerprint density at radius 2 is 2.17 bits per heavy atom. The summed E-state index contributed by atoms with van der Waals surface area (Å²) in [7, 11) is 0. The van der Waals surface area contributed by atoms with Crippen molar-refractivity contribution in [2.45, 2.75) is 6.92 Å². The van der Waals surface area contributed by atoms with E-state index in [0.29, 0.717) is 16.5 Å². The maximum Gasteiger partial charge on any atom is 0.349 e. The third kappa shape index (κ3) is 1.69. The number of halogens is 1. The van der Waals surface area contributed by atoms with Gasteiger partial charge in [-0.3, -0.25) is 0 Å². The van der Waals surface area contributed by atoms with E-state index in [2.05, 4.69) is 15.2 Å². The molecule has 1 aromatic carbocycles. The zero-order valence-electron chi connectivity index (χ0n) is 9.51. The number of aryl methyl sites for hydroxylation is 1. The zero-order valence-corrected chi connectivity index (χ0v) is 10.3. The van der Waals surface area contributed by atoms with E-state index in [1.807, 2.05) is 19.1 Å². The molecule has 0 spiro atoms. The molecule has 3 rings (SSSR count). The van der Waals surface area contributed by atoms with Gasteiger partial charge in [-0.1, -0.05) is 23.7 Å². The van der Waals surface area contributed by atoms with Crippen LogP contribution >= 0.6 is 11.6 Å². The fourth-order valence-corrected chi connectivity index (χ4v) is 2.06. The molecule has 0 saturated heterocycles. The smallest absolute Gasteiger partial charge is 0.246 e. The number of hydrogen-bond acceptors (Lipinski definition) is 3. The molecule has 0 aliphatic heterocycles. The van der Waals surface area contributed by atoms with Gasteiger partial charge in [0.1, 0.15) is 5.82 Å². The predicted molar refractivity (Wildman–Crippen MR) is 68.8 cm³/mol. The van der Waals surface area contributed by atoms with Crippen molar-refractivity contribution in [1.29, 1.82) is 0 Å². The molecule has 6 heteroatoms. The first-order valence-corrected chi connectivity index (χ1v) is 5.74. The highest BCUT2D eigenvalue weighted by atomic mass is 35.5. The van der Waals surface area contributed by atoms with Crippen LogP contribution in [0, 0.1) is 6.92 Å². The van der Waals surface area contributed by atoms with Crippen LogP contribution in [0.15, 0.2) is 35.1 Å². The molecule has 5 nitrogen and oxygen atoms in total. The van der Waals surface area contributed by atoms with Crippen LogP contribution in [0.5, 0.6) is 0 Å². The van der Waals surface area contributed by atoms with E-state index >= 15 is 0 Å². The quantitative estimate of drug-likeness (QED) is 0.728. The summed E-state index contributed by atoms with van der Waals surface area (Å²) >= 11 is 5.96. The van der Waals surface area contributed by atoms with Crippen molar-refractivity contribution in [2.24, 2.45) is 0 Å². The Balaban J connectivity index is 2.41. The Hall–Kier alpha value is -2.14. The van der Waals surface area contributed by atoms with Gasteiger partial charge in [-0.05, 0) is 19.1 Å². The first-order valence-electron chi connectivity index (χ1n) is 5.36. The summed E-state index contributed by atoms with van der Waals surface area (Å²) in [6.07, 6.45) is 0. The van der Waals surface area contributed by atoms with Gasteiger partial charge < -0.3 is 0 Å². The Bertz CT molecular complexity index is 790. The number of hydrogen-bond donors (Lipinski definition) is 1. The molecule has 0 aliphatic rings. The molecule has 2 aromatic heterocycles. The highest BCUT2D eigenvalue weighted by Gasteiger charge is 2.10. The molecule has 0 bridgehead atoms. The largest absolute Gasteiger partial charge is 0.349 e. The first kappa shape index (κ1) is 11.0. The van der Waals surface area contributed by atoms with Crippen LogP contribution in [-0.4, -0.2) is 19.6 Å². The lowest BCUT2D eigenvalue weighted by Crippen LogP contribution is -2.13. The topological polar surface area (TPSA) is 63.0 Å². The van der Waals surface area contributed by atoms with Crippen molar-refractivity contribution < 1.29 is 0 Å². The fraction of sp³-hybridized carbons (Fsp3) is 0.0833. The summed E-state index contributed by atoms with van der Waals surface area (Å²) in [4.78, 5) is 16.1. The van der Waals surface area contributed by atoms with Gasteiger partial charge in [0.2, 0.25) is 0 Å². The number of fused-ring (bicyclic) bond motifs is 1. The Morgan fingerprint density at radius 1 is 1.33 bits per heavy atom. The number of nitrogens with zero attached hydrogens (tertiary/aromatic N) is 3. The minimum Gasteiger partial charge on any atom is -0.246 e. The minimum atomic E-state index is -0.313. The molecule has 0 unspecified atom stereocenters. The van der Waals surface area contributed by atoms with E-state index in [9.17, 15) is 4.79 Å². The predicted octanol–water partition coefficient (Wildman–Crippen LogP) is 2.05. The van der Waals surface area contributed by atoms with Crippen molar-refractivity contribution in [3.63, 3.8) is 0 Å². The molecule has 90 valence electrons. The normalized spacial score (nSPS) is 11.0. The van der Waals surface area contributed by atoms with Gasteiger partial charge in [0.25, 0.3) is 0 Å². The van der Waals surface area contributed by atoms with Gasteiger partial charge in [-0.15, -0.1) is 0 Å². The molecule has 0 amide bonds. The lowest BCUT2D eigenvalue weighted by atomic mass is 10.2. The van der Waals surface area contributed by atoms with Gasteiger partial charge in [-0.25, -0.2) is 19.3 Å². The highest BCUT2D eigenvalue weighted by Crippen LogP contribution is 2.21. The summed E-state index contributed by atoms with van der Waals surface area (Å²) in [5.74, 6) is 0.534. The zero-order chi connectivity index (χ0) is 12.7. The van der Waals surface area contributed by atoms with Crippen LogP contribution in [0.2, 0.25) is 5.02 Å². The lowest BCUT2D eigenvalue weighted by Gasteiger charge is -2.05. The van der Waals surface area contributed by atoms with Gasteiger partial charge in [0.05, 0.1) is 0 Å². The number of nitrogens with one attached hydrogen (secondary N) is 1. The molecule has 2 heterocycles. The van der Waals surface area contributed by atoms with Crippen LogP contribution in [0.4, 0.5) is 0 Å². The molecule has 18 heavy (non-hydrogen) atoms. The van der Waals surface area contributed by atoms with Crippen molar-refractivity contribution in [3.8, 4) is 11.4 Å². The number of aromatic nitrogens is 4. The minimum absolute atomic E-state index is 0.313. The SMILES string of the molecule is Cc1cc2n[nH]c(=O)n2c(-c2cccc(Cl)c2)n1. The van der Waals surface area contributed by atoms with Gasteiger partial charge in [-0.2, -0.15) is 5.10 Å². The maximum absolute atomic E-state index is 11.7. The second-order valence-electron chi connectivity index (χ2n) is 3.95. The number of aromatic amines is 1. The number of benzene rings is 1.